The first kappa shape index (κ1) is 8.61. The largest absolute Gasteiger partial charge is 0.364 e. The molecular weight excluding hydrogens is 278 g/mol. The molecule has 6 heteroatoms. The first-order valence-corrected chi connectivity index (χ1v) is 4.17. The molecule has 1 rings (SSSR count). The van der Waals surface area contributed by atoms with Gasteiger partial charge >= 0.3 is 0 Å². The van der Waals surface area contributed by atoms with E-state index < -0.39 is 5.91 Å². The van der Waals surface area contributed by atoms with Crippen LogP contribution in [0.4, 0.5) is 0 Å². The number of carbonyl (C=O) groups is 1. The monoisotopic (exact) mass is 279 g/mol. The van der Waals surface area contributed by atoms with Crippen molar-refractivity contribution in [3.63, 3.8) is 0 Å². The standard InChI is InChI=1S/C5H3Br2N3O/c6-2-1-9-4(7)3(10-2)5(8)11/h1H,(H2,8,11). The smallest absolute Gasteiger partial charge is 0.270 e. The Kier molecular flexibility index (Phi) is 2.56. The van der Waals surface area contributed by atoms with E-state index >= 15 is 0 Å². The molecule has 2 N–H and O–H groups in total. The average molecular weight is 281 g/mol. The van der Waals surface area contributed by atoms with Gasteiger partial charge in [0.1, 0.15) is 9.21 Å². The minimum Gasteiger partial charge on any atom is -0.364 e. The molecule has 0 radical (unpaired) electrons. The number of primary amides is 1. The van der Waals surface area contributed by atoms with Gasteiger partial charge in [-0.3, -0.25) is 4.79 Å². The predicted molar refractivity (Wildman–Crippen MR) is 45.9 cm³/mol. The van der Waals surface area contributed by atoms with E-state index in [0.717, 1.165) is 0 Å². The van der Waals surface area contributed by atoms with Gasteiger partial charge in [0.25, 0.3) is 5.91 Å². The van der Waals surface area contributed by atoms with Crippen molar-refractivity contribution in [1.82, 2.24) is 9.97 Å². The molecule has 58 valence electrons. The van der Waals surface area contributed by atoms with Crippen molar-refractivity contribution in [2.24, 2.45) is 5.73 Å². The van der Waals surface area contributed by atoms with Crippen LogP contribution in [0.15, 0.2) is 15.4 Å². The summed E-state index contributed by atoms with van der Waals surface area (Å²) >= 11 is 6.10. The second-order valence-corrected chi connectivity index (χ2v) is 3.26. The van der Waals surface area contributed by atoms with Gasteiger partial charge in [-0.15, -0.1) is 0 Å². The van der Waals surface area contributed by atoms with Crippen LogP contribution in [0.1, 0.15) is 10.5 Å². The summed E-state index contributed by atoms with van der Waals surface area (Å²) in [6.07, 6.45) is 1.47. The maximum atomic E-state index is 10.6. The molecule has 11 heavy (non-hydrogen) atoms. The Morgan fingerprint density at radius 1 is 1.55 bits per heavy atom. The lowest BCUT2D eigenvalue weighted by Gasteiger charge is -1.96. The summed E-state index contributed by atoms with van der Waals surface area (Å²) in [6, 6.07) is 0. The quantitative estimate of drug-likeness (QED) is 0.838. The SMILES string of the molecule is NC(=O)c1nc(Br)cnc1Br. The summed E-state index contributed by atoms with van der Waals surface area (Å²) in [7, 11) is 0. The van der Waals surface area contributed by atoms with Crippen LogP contribution >= 0.6 is 31.9 Å². The summed E-state index contributed by atoms with van der Waals surface area (Å²) in [4.78, 5) is 18.3. The fraction of sp³-hybridized carbons (Fsp3) is 0. The third-order valence-electron chi connectivity index (χ3n) is 0.932. The van der Waals surface area contributed by atoms with Crippen molar-refractivity contribution in [2.75, 3.05) is 0 Å². The molecule has 0 aliphatic heterocycles. The second-order valence-electron chi connectivity index (χ2n) is 1.70. The van der Waals surface area contributed by atoms with Crippen LogP contribution in [0, 0.1) is 0 Å². The van der Waals surface area contributed by atoms with Gasteiger partial charge in [-0.1, -0.05) is 0 Å². The normalized spacial score (nSPS) is 9.64. The van der Waals surface area contributed by atoms with Crippen LogP contribution in [0.5, 0.6) is 0 Å². The Bertz CT molecular complexity index is 302. The van der Waals surface area contributed by atoms with Gasteiger partial charge in [0.05, 0.1) is 6.20 Å². The zero-order chi connectivity index (χ0) is 8.43. The predicted octanol–water partition coefficient (Wildman–Crippen LogP) is 1.10. The molecule has 0 saturated heterocycles. The van der Waals surface area contributed by atoms with E-state index in [0.29, 0.717) is 9.21 Å². The Balaban J connectivity index is 3.23. The molecule has 0 atom stereocenters. The Hall–Kier alpha value is -0.490. The molecule has 0 spiro atoms. The molecule has 0 bridgehead atoms. The highest BCUT2D eigenvalue weighted by Crippen LogP contribution is 2.13. The third kappa shape index (κ3) is 1.97. The lowest BCUT2D eigenvalue weighted by atomic mass is 10.4. The number of carbonyl (C=O) groups excluding carboxylic acids is 1. The highest BCUT2D eigenvalue weighted by molar-refractivity contribution is 9.10. The van der Waals surface area contributed by atoms with E-state index in [1.165, 1.54) is 6.20 Å². The molecule has 0 unspecified atom stereocenters. The van der Waals surface area contributed by atoms with E-state index in [9.17, 15) is 4.79 Å². The zero-order valence-corrected chi connectivity index (χ0v) is 8.39. The van der Waals surface area contributed by atoms with E-state index in [2.05, 4.69) is 41.8 Å². The van der Waals surface area contributed by atoms with Crippen molar-refractivity contribution < 1.29 is 4.79 Å². The van der Waals surface area contributed by atoms with E-state index in [1.54, 1.807) is 0 Å². The van der Waals surface area contributed by atoms with E-state index in [1.807, 2.05) is 0 Å². The van der Waals surface area contributed by atoms with Crippen LogP contribution in [0.3, 0.4) is 0 Å². The van der Waals surface area contributed by atoms with Crippen molar-refractivity contribution >= 4 is 37.8 Å². The Labute approximate surface area is 79.5 Å². The number of nitrogens with two attached hydrogens (primary N) is 1. The summed E-state index contributed by atoms with van der Waals surface area (Å²) in [5.74, 6) is -0.606. The third-order valence-corrected chi connectivity index (χ3v) is 1.89. The van der Waals surface area contributed by atoms with Crippen LogP contribution < -0.4 is 5.73 Å². The zero-order valence-electron chi connectivity index (χ0n) is 5.21. The summed E-state index contributed by atoms with van der Waals surface area (Å²) in [5, 5.41) is 0. The number of hydrogen-bond donors (Lipinski definition) is 1. The van der Waals surface area contributed by atoms with Crippen molar-refractivity contribution in [3.05, 3.63) is 21.1 Å². The van der Waals surface area contributed by atoms with Gasteiger partial charge < -0.3 is 5.73 Å². The number of rotatable bonds is 1. The molecule has 1 aromatic heterocycles. The van der Waals surface area contributed by atoms with Gasteiger partial charge in [0.15, 0.2) is 5.69 Å². The van der Waals surface area contributed by atoms with Crippen LogP contribution in [0.2, 0.25) is 0 Å². The number of nitrogens with zero attached hydrogens (tertiary/aromatic N) is 2. The molecule has 1 amide bonds. The molecule has 1 aromatic rings. The van der Waals surface area contributed by atoms with Gasteiger partial charge in [0.2, 0.25) is 0 Å². The average Bonchev–Trinajstić information content (AvgIpc) is 1.94. The van der Waals surface area contributed by atoms with Gasteiger partial charge in [-0.25, -0.2) is 9.97 Å². The number of amides is 1. The highest BCUT2D eigenvalue weighted by Gasteiger charge is 2.08. The maximum absolute atomic E-state index is 10.6. The summed E-state index contributed by atoms with van der Waals surface area (Å²) in [5.41, 5.74) is 5.12. The maximum Gasteiger partial charge on any atom is 0.270 e. The summed E-state index contributed by atoms with van der Waals surface area (Å²) < 4.78 is 0.836. The molecule has 1 heterocycles. The van der Waals surface area contributed by atoms with E-state index in [-0.39, 0.29) is 5.69 Å². The number of aromatic nitrogens is 2. The first-order chi connectivity index (χ1) is 5.11. The Morgan fingerprint density at radius 3 is 2.64 bits per heavy atom. The highest BCUT2D eigenvalue weighted by atomic mass is 79.9. The van der Waals surface area contributed by atoms with Crippen molar-refractivity contribution in [3.8, 4) is 0 Å². The minimum atomic E-state index is -0.606. The number of hydrogen-bond acceptors (Lipinski definition) is 3. The van der Waals surface area contributed by atoms with Crippen LogP contribution in [-0.4, -0.2) is 15.9 Å². The van der Waals surface area contributed by atoms with Crippen molar-refractivity contribution in [1.29, 1.82) is 0 Å². The van der Waals surface area contributed by atoms with E-state index in [4.69, 9.17) is 5.73 Å². The molecule has 0 saturated carbocycles. The molecule has 0 aliphatic carbocycles. The van der Waals surface area contributed by atoms with Crippen molar-refractivity contribution in [2.45, 2.75) is 0 Å². The van der Waals surface area contributed by atoms with Gasteiger partial charge in [-0.2, -0.15) is 0 Å². The van der Waals surface area contributed by atoms with Crippen LogP contribution in [0.25, 0.3) is 0 Å². The fourth-order valence-electron chi connectivity index (χ4n) is 0.510. The molecule has 0 aliphatic rings. The summed E-state index contributed by atoms with van der Waals surface area (Å²) in [6.45, 7) is 0. The second kappa shape index (κ2) is 3.27. The lowest BCUT2D eigenvalue weighted by molar-refractivity contribution is 0.0994. The van der Waals surface area contributed by atoms with Gasteiger partial charge in [-0.05, 0) is 31.9 Å². The molecule has 0 aromatic carbocycles. The first-order valence-electron chi connectivity index (χ1n) is 2.59. The lowest BCUT2D eigenvalue weighted by Crippen LogP contribution is -2.14. The fourth-order valence-corrected chi connectivity index (χ4v) is 1.18. The number of halogens is 2. The van der Waals surface area contributed by atoms with Crippen LogP contribution in [-0.2, 0) is 0 Å². The molecule has 4 nitrogen and oxygen atoms in total. The molecular formula is C5H3Br2N3O. The minimum absolute atomic E-state index is 0.124. The Morgan fingerprint density at radius 2 is 2.18 bits per heavy atom. The topological polar surface area (TPSA) is 68.9 Å². The van der Waals surface area contributed by atoms with Gasteiger partial charge in [0, 0.05) is 0 Å². The molecule has 0 fully saturated rings.